The van der Waals surface area contributed by atoms with Crippen LogP contribution in [0.3, 0.4) is 0 Å². The maximum Gasteiger partial charge on any atom is 0.214 e. The molecule has 1 atom stereocenters. The quantitative estimate of drug-likeness (QED) is 0.591. The number of hydrogen-bond donors (Lipinski definition) is 1. The molecule has 0 aliphatic carbocycles. The van der Waals surface area contributed by atoms with Crippen LogP contribution in [0.15, 0.2) is 0 Å². The molecule has 0 bridgehead atoms. The highest BCUT2D eigenvalue weighted by atomic mass is 32.2. The van der Waals surface area contributed by atoms with Crippen molar-refractivity contribution in [1.29, 1.82) is 0 Å². The van der Waals surface area contributed by atoms with E-state index in [1.165, 1.54) is 0 Å². The first-order valence-electron chi connectivity index (χ1n) is 6.64. The van der Waals surface area contributed by atoms with Crippen molar-refractivity contribution in [2.24, 2.45) is 0 Å². The lowest BCUT2D eigenvalue weighted by atomic mass is 10.3. The predicted octanol–water partition coefficient (Wildman–Crippen LogP) is 1.78. The second kappa shape index (κ2) is 10.1. The summed E-state index contributed by atoms with van der Waals surface area (Å²) in [5.41, 5.74) is 0. The van der Waals surface area contributed by atoms with Gasteiger partial charge in [0.15, 0.2) is 0 Å². The van der Waals surface area contributed by atoms with Gasteiger partial charge in [-0.3, -0.25) is 0 Å². The van der Waals surface area contributed by atoms with E-state index in [0.29, 0.717) is 0 Å². The molecule has 0 aliphatic heterocycles. The smallest absolute Gasteiger partial charge is 0.214 e. The van der Waals surface area contributed by atoms with Crippen LogP contribution in [0.2, 0.25) is 0 Å². The Kier molecular flexibility index (Phi) is 10.2. The van der Waals surface area contributed by atoms with Crippen LogP contribution in [-0.2, 0) is 10.0 Å². The van der Waals surface area contributed by atoms with E-state index >= 15 is 0 Å². The van der Waals surface area contributed by atoms with Gasteiger partial charge < -0.3 is 5.32 Å². The van der Waals surface area contributed by atoms with Crippen LogP contribution >= 0.6 is 11.8 Å². The summed E-state index contributed by atoms with van der Waals surface area (Å²) in [6, 6.07) is 0.124. The second-order valence-corrected chi connectivity index (χ2v) is 7.47. The number of nitrogens with zero attached hydrogens (tertiary/aromatic N) is 1. The van der Waals surface area contributed by atoms with Crippen LogP contribution in [0.1, 0.15) is 33.1 Å². The zero-order chi connectivity index (χ0) is 14.0. The van der Waals surface area contributed by atoms with Gasteiger partial charge in [-0.15, -0.1) is 0 Å². The lowest BCUT2D eigenvalue weighted by Gasteiger charge is -2.26. The van der Waals surface area contributed by atoms with Crippen molar-refractivity contribution < 1.29 is 8.42 Å². The molecule has 18 heavy (non-hydrogen) atoms. The fourth-order valence-electron chi connectivity index (χ4n) is 1.75. The van der Waals surface area contributed by atoms with Gasteiger partial charge in [0.2, 0.25) is 10.0 Å². The summed E-state index contributed by atoms with van der Waals surface area (Å²) in [4.78, 5) is 0. The zero-order valence-electron chi connectivity index (χ0n) is 12.1. The average molecular weight is 297 g/mol. The van der Waals surface area contributed by atoms with Crippen LogP contribution < -0.4 is 5.32 Å². The van der Waals surface area contributed by atoms with Crippen molar-refractivity contribution in [2.75, 3.05) is 37.9 Å². The van der Waals surface area contributed by atoms with Crippen LogP contribution in [-0.4, -0.2) is 56.7 Å². The summed E-state index contributed by atoms with van der Waals surface area (Å²) in [5.74, 6) is 1.13. The normalized spacial score (nSPS) is 14.1. The largest absolute Gasteiger partial charge is 0.317 e. The van der Waals surface area contributed by atoms with Crippen molar-refractivity contribution in [2.45, 2.75) is 39.2 Å². The van der Waals surface area contributed by atoms with Crippen molar-refractivity contribution in [3.8, 4) is 0 Å². The van der Waals surface area contributed by atoms with Gasteiger partial charge in [0.25, 0.3) is 0 Å². The minimum Gasteiger partial charge on any atom is -0.317 e. The maximum atomic E-state index is 12.1. The predicted molar refractivity (Wildman–Crippen MR) is 81.8 cm³/mol. The van der Waals surface area contributed by atoms with Crippen LogP contribution in [0.4, 0.5) is 0 Å². The molecule has 4 nitrogen and oxygen atoms in total. The summed E-state index contributed by atoms with van der Waals surface area (Å²) < 4.78 is 25.8. The first-order chi connectivity index (χ1) is 8.49. The summed E-state index contributed by atoms with van der Waals surface area (Å²) in [5, 5.41) is 3.21. The molecule has 0 aromatic rings. The molecule has 0 spiro atoms. The molecular formula is C12H28N2O2S2. The molecular weight excluding hydrogens is 268 g/mol. The lowest BCUT2D eigenvalue weighted by Crippen LogP contribution is -2.39. The first kappa shape index (κ1) is 18.2. The molecule has 0 aromatic carbocycles. The summed E-state index contributed by atoms with van der Waals surface area (Å²) in [6.07, 6.45) is 4.53. The van der Waals surface area contributed by atoms with Crippen molar-refractivity contribution in [3.05, 3.63) is 0 Å². The Morgan fingerprint density at radius 1 is 1.28 bits per heavy atom. The van der Waals surface area contributed by atoms with E-state index < -0.39 is 10.0 Å². The molecule has 1 N–H and O–H groups in total. The highest BCUT2D eigenvalue weighted by Gasteiger charge is 2.24. The number of unbranched alkanes of at least 4 members (excludes halogenated alkanes) is 1. The molecule has 0 fully saturated rings. The molecule has 1 unspecified atom stereocenters. The van der Waals surface area contributed by atoms with Crippen LogP contribution in [0.5, 0.6) is 0 Å². The van der Waals surface area contributed by atoms with Gasteiger partial charge in [-0.2, -0.15) is 11.8 Å². The third-order valence-electron chi connectivity index (χ3n) is 3.04. The standard InChI is InChI=1S/C12H28N2O2S2/c1-5-12(11-17-4)14(3)18(15,16)10-8-7-9-13-6-2/h12-13H,5-11H2,1-4H3. The molecule has 6 heteroatoms. The van der Waals surface area contributed by atoms with E-state index in [0.717, 1.165) is 38.1 Å². The number of hydrogen-bond acceptors (Lipinski definition) is 4. The number of thioether (sulfide) groups is 1. The Hall–Kier alpha value is 0.220. The van der Waals surface area contributed by atoms with Crippen LogP contribution in [0.25, 0.3) is 0 Å². The van der Waals surface area contributed by atoms with E-state index in [4.69, 9.17) is 0 Å². The average Bonchev–Trinajstić information content (AvgIpc) is 2.34. The Morgan fingerprint density at radius 2 is 1.94 bits per heavy atom. The molecule has 0 radical (unpaired) electrons. The van der Waals surface area contributed by atoms with Gasteiger partial charge in [0, 0.05) is 18.8 Å². The van der Waals surface area contributed by atoms with Gasteiger partial charge in [-0.05, 0) is 38.6 Å². The van der Waals surface area contributed by atoms with Gasteiger partial charge in [-0.25, -0.2) is 12.7 Å². The number of nitrogens with one attached hydrogen (secondary N) is 1. The molecule has 0 rings (SSSR count). The first-order valence-corrected chi connectivity index (χ1v) is 9.65. The van der Waals surface area contributed by atoms with Crippen molar-refractivity contribution in [3.63, 3.8) is 0 Å². The van der Waals surface area contributed by atoms with Gasteiger partial charge in [-0.1, -0.05) is 13.8 Å². The van der Waals surface area contributed by atoms with E-state index in [-0.39, 0.29) is 11.8 Å². The number of sulfonamides is 1. The van der Waals surface area contributed by atoms with Crippen LogP contribution in [0, 0.1) is 0 Å². The third kappa shape index (κ3) is 6.97. The van der Waals surface area contributed by atoms with E-state index in [1.54, 1.807) is 23.1 Å². The van der Waals surface area contributed by atoms with Gasteiger partial charge in [0.05, 0.1) is 5.75 Å². The fraction of sp³-hybridized carbons (Fsp3) is 1.00. The zero-order valence-corrected chi connectivity index (χ0v) is 13.7. The fourth-order valence-corrected chi connectivity index (χ4v) is 4.23. The SMILES string of the molecule is CCNCCCCS(=O)(=O)N(C)C(CC)CSC. The summed E-state index contributed by atoms with van der Waals surface area (Å²) in [7, 11) is -1.38. The van der Waals surface area contributed by atoms with Crippen molar-refractivity contribution >= 4 is 21.8 Å². The Balaban J connectivity index is 4.17. The molecule has 110 valence electrons. The monoisotopic (exact) mass is 296 g/mol. The molecule has 0 saturated carbocycles. The lowest BCUT2D eigenvalue weighted by molar-refractivity contribution is 0.384. The topological polar surface area (TPSA) is 49.4 Å². The Labute approximate surface area is 117 Å². The van der Waals surface area contributed by atoms with E-state index in [9.17, 15) is 8.42 Å². The maximum absolute atomic E-state index is 12.1. The summed E-state index contributed by atoms with van der Waals surface area (Å²) in [6.45, 7) is 5.94. The van der Waals surface area contributed by atoms with E-state index in [1.807, 2.05) is 13.2 Å². The van der Waals surface area contributed by atoms with Gasteiger partial charge >= 0.3 is 0 Å². The third-order valence-corrected chi connectivity index (χ3v) is 5.74. The molecule has 0 amide bonds. The highest BCUT2D eigenvalue weighted by molar-refractivity contribution is 7.98. The minimum absolute atomic E-state index is 0.124. The Bertz CT molecular complexity index is 294. The minimum atomic E-state index is -3.09. The molecule has 0 aromatic heterocycles. The summed E-state index contributed by atoms with van der Waals surface area (Å²) >= 11 is 1.70. The van der Waals surface area contributed by atoms with E-state index in [2.05, 4.69) is 12.2 Å². The second-order valence-electron chi connectivity index (χ2n) is 4.41. The van der Waals surface area contributed by atoms with Gasteiger partial charge in [0.1, 0.15) is 0 Å². The highest BCUT2D eigenvalue weighted by Crippen LogP contribution is 2.13. The Morgan fingerprint density at radius 3 is 2.44 bits per heavy atom. The molecule has 0 saturated heterocycles. The number of rotatable bonds is 11. The molecule has 0 aliphatic rings. The molecule has 0 heterocycles. The van der Waals surface area contributed by atoms with Crippen molar-refractivity contribution in [1.82, 2.24) is 9.62 Å².